The Morgan fingerprint density at radius 1 is 0.576 bits per heavy atom. The number of ketones is 1. The van der Waals surface area contributed by atoms with E-state index >= 15 is 0 Å². The predicted molar refractivity (Wildman–Crippen MR) is 341 cm³/mol. The molecule has 10 N–H and O–H groups in total. The number of carbonyl (C=O) groups is 2. The highest BCUT2D eigenvalue weighted by molar-refractivity contribution is 5.89. The number of methoxy groups -OCH3 is 4. The van der Waals surface area contributed by atoms with Crippen LogP contribution in [0.25, 0.3) is 6.08 Å². The SMILES string of the molecule is CO[C@H]1C[C@H](O[C@@H]2[C@@H](C)O[C@@H](O[C@H]3CC[C@@]4(C)C(=CC[C@]5(O)[C@@H]4C[C@@H](OC(=O)/C=C/c4ccccc4)[C@@]4(C)[C@]5(O)CC[C@]4(O)C(C)=O)C3)C[C@H]2OC)O[C@H](C)[C@H]1O[C@H]1C[C@@H](OC)[C@H](O[C@H]2C[C@@H](OC)[C@H](O[C@@H]3O[C@H](CO[C@@H]4O[C@H](CO)[C@@H](O)[C@H](O)[C@H]4O)[C@@H](O)[C@H](O)[C@H]3O)[C@@H](C)O2)[C@@H](C)O1. The van der Waals surface area contributed by atoms with Gasteiger partial charge in [-0.3, -0.25) is 4.79 Å². The lowest BCUT2D eigenvalue weighted by atomic mass is 9.42. The number of fused-ring (bicyclic) bond motifs is 5. The van der Waals surface area contributed by atoms with Gasteiger partial charge in [-0.15, -0.1) is 0 Å². The minimum absolute atomic E-state index is 0.0547. The summed E-state index contributed by atoms with van der Waals surface area (Å²) in [5, 5.41) is 111. The summed E-state index contributed by atoms with van der Waals surface area (Å²) in [4.78, 5) is 27.1. The fraction of sp³-hybridized carbons (Fsp3) is 0.829. The fourth-order valence-electron chi connectivity index (χ4n) is 17.9. The van der Waals surface area contributed by atoms with E-state index in [9.17, 15) is 60.7 Å². The molecule has 9 fully saturated rings. The van der Waals surface area contributed by atoms with Gasteiger partial charge in [-0.05, 0) is 104 Å². The van der Waals surface area contributed by atoms with Crippen LogP contribution in [0, 0.1) is 16.7 Å². The maximum Gasteiger partial charge on any atom is 0.331 e. The highest BCUT2D eigenvalue weighted by atomic mass is 16.8. The molecule has 1 aromatic carbocycles. The molecule has 99 heavy (non-hydrogen) atoms. The molecular formula is C70H106O29. The number of rotatable bonds is 22. The Morgan fingerprint density at radius 3 is 1.55 bits per heavy atom. The molecule has 11 rings (SSSR count). The van der Waals surface area contributed by atoms with Gasteiger partial charge >= 0.3 is 5.97 Å². The molecule has 1 aromatic rings. The van der Waals surface area contributed by atoms with E-state index in [1.165, 1.54) is 20.1 Å². The number of ether oxygens (including phenoxy) is 17. The van der Waals surface area contributed by atoms with E-state index in [-0.39, 0.29) is 44.6 Å². The van der Waals surface area contributed by atoms with Crippen LogP contribution in [0.4, 0.5) is 0 Å². The van der Waals surface area contributed by atoms with Gasteiger partial charge in [0.2, 0.25) is 0 Å². The summed E-state index contributed by atoms with van der Waals surface area (Å²) in [6.07, 6.45) is -20.3. The van der Waals surface area contributed by atoms with Gasteiger partial charge in [0.05, 0.1) is 73.6 Å². The standard InChI is InChI=1S/C70H106O29/c1-33-60(41(83-8)26-50(88-33)92-40-20-21-66(6)39(25-40)19-22-69(81)47(66)30-48(95-49(73)18-17-38-15-13-12-14-16-38)67(7)68(80,37(5)72)23-24-70(67,69)82)96-51-27-42(84-9)61(34(2)89-51)97-52-28-43(85-10)62(35(3)90-52)98-53-29-44(86-11)63(36(4)91-53)99-65-59(79)57(77)55(75)46(94-65)32-87-64-58(78)56(76)54(74)45(31-71)93-64/h12-19,33-36,40-48,50-65,71,74-82H,20-32H2,1-11H3/b18-17+/t33-,34-,35-,36-,40+,41-,42+,43-,44-,45-,46-,47-,48-,50+,51+,52+,53+,54-,55-,56+,57+,58-,59-,60-,61-,62-,63-,64-,65+,66+,67-,68+,69+,70-/m1/s1. The summed E-state index contributed by atoms with van der Waals surface area (Å²) in [7, 11) is 6.25. The maximum absolute atomic E-state index is 13.7. The zero-order chi connectivity index (χ0) is 71.4. The number of hydrogen-bond acceptors (Lipinski definition) is 29. The van der Waals surface area contributed by atoms with E-state index < -0.39 is 224 Å². The molecule has 0 amide bonds. The average molecular weight is 1410 g/mol. The van der Waals surface area contributed by atoms with Gasteiger partial charge in [-0.1, -0.05) is 48.9 Å². The highest BCUT2D eigenvalue weighted by Crippen LogP contribution is 2.71. The minimum Gasteiger partial charge on any atom is -0.458 e. The van der Waals surface area contributed by atoms with Crippen LogP contribution in [-0.2, 0) is 90.1 Å². The van der Waals surface area contributed by atoms with E-state index in [0.29, 0.717) is 32.1 Å². The molecule has 0 radical (unpaired) electrons. The second-order valence-corrected chi connectivity index (χ2v) is 29.3. The Balaban J connectivity index is 0.658. The maximum atomic E-state index is 13.7. The number of hydrogen-bond donors (Lipinski definition) is 10. The Kier molecular flexibility index (Phi) is 24.2. The van der Waals surface area contributed by atoms with E-state index in [1.54, 1.807) is 41.3 Å². The van der Waals surface area contributed by atoms with Crippen LogP contribution >= 0.6 is 0 Å². The lowest BCUT2D eigenvalue weighted by Crippen LogP contribution is -2.78. The van der Waals surface area contributed by atoms with Crippen molar-refractivity contribution in [1.82, 2.24) is 0 Å². The van der Waals surface area contributed by atoms with Crippen molar-refractivity contribution in [3.63, 3.8) is 0 Å². The normalized spacial score (nSPS) is 49.5. The number of aliphatic hydroxyl groups is 10. The van der Waals surface area contributed by atoms with E-state index in [2.05, 4.69) is 6.92 Å². The summed E-state index contributed by atoms with van der Waals surface area (Å²) in [5.41, 5.74) is -6.45. The van der Waals surface area contributed by atoms with Crippen LogP contribution in [0.3, 0.4) is 0 Å². The number of aliphatic hydroxyl groups excluding tert-OH is 7. The lowest BCUT2D eigenvalue weighted by molar-refractivity contribution is -0.363. The van der Waals surface area contributed by atoms with Crippen LogP contribution in [0.5, 0.6) is 0 Å². The molecule has 0 aromatic heterocycles. The molecule has 6 aliphatic heterocycles. The highest BCUT2D eigenvalue weighted by Gasteiger charge is 2.81. The summed E-state index contributed by atoms with van der Waals surface area (Å²) >= 11 is 0. The Labute approximate surface area is 577 Å². The van der Waals surface area contributed by atoms with Crippen LogP contribution in [0.1, 0.15) is 125 Å². The molecule has 34 atom stereocenters. The predicted octanol–water partition coefficient (Wildman–Crippen LogP) is 0.884. The van der Waals surface area contributed by atoms with Gasteiger partial charge in [-0.2, -0.15) is 0 Å². The second kappa shape index (κ2) is 31.1. The third kappa shape index (κ3) is 14.6. The van der Waals surface area contributed by atoms with Crippen molar-refractivity contribution < 1.29 is 141 Å². The molecular weight excluding hydrogens is 1300 g/mol. The number of Topliss-reactive ketones (excluding diaryl/α,β-unsaturated/α-hetero) is 1. The molecule has 0 bridgehead atoms. The van der Waals surface area contributed by atoms with Crippen LogP contribution in [-0.4, -0.2) is 293 Å². The number of carbonyl (C=O) groups excluding carboxylic acids is 2. The molecule has 6 saturated heterocycles. The smallest absolute Gasteiger partial charge is 0.331 e. The molecule has 560 valence electrons. The third-order valence-electron chi connectivity index (χ3n) is 23.8. The minimum atomic E-state index is -2.07. The van der Waals surface area contributed by atoms with Crippen LogP contribution in [0.15, 0.2) is 48.1 Å². The van der Waals surface area contributed by atoms with Crippen molar-refractivity contribution in [3.05, 3.63) is 53.6 Å². The van der Waals surface area contributed by atoms with Crippen molar-refractivity contribution in [3.8, 4) is 0 Å². The first-order valence-corrected chi connectivity index (χ1v) is 34.9. The fourth-order valence-corrected chi connectivity index (χ4v) is 17.9. The summed E-state index contributed by atoms with van der Waals surface area (Å²) in [6, 6.07) is 9.24. The molecule has 29 nitrogen and oxygen atoms in total. The topological polar surface area (TPSA) is 393 Å². The van der Waals surface area contributed by atoms with Crippen molar-refractivity contribution in [1.29, 1.82) is 0 Å². The van der Waals surface area contributed by atoms with Crippen molar-refractivity contribution in [2.75, 3.05) is 41.7 Å². The lowest BCUT2D eigenvalue weighted by Gasteiger charge is -2.67. The summed E-state index contributed by atoms with van der Waals surface area (Å²) in [6.45, 7) is 11.0. The van der Waals surface area contributed by atoms with Gasteiger partial charge in [0.15, 0.2) is 43.5 Å². The summed E-state index contributed by atoms with van der Waals surface area (Å²) < 4.78 is 106. The van der Waals surface area contributed by atoms with Crippen LogP contribution in [0.2, 0.25) is 0 Å². The number of benzene rings is 1. The van der Waals surface area contributed by atoms with Gasteiger partial charge < -0.3 is 132 Å². The van der Waals surface area contributed by atoms with Crippen molar-refractivity contribution >= 4 is 17.8 Å². The van der Waals surface area contributed by atoms with Gasteiger partial charge in [0, 0.05) is 66.1 Å². The monoisotopic (exact) mass is 1410 g/mol. The first kappa shape index (κ1) is 76.9. The van der Waals surface area contributed by atoms with E-state index in [0.717, 1.165) is 11.1 Å². The third-order valence-corrected chi connectivity index (χ3v) is 23.8. The Bertz CT molecular complexity index is 2930. The Hall–Kier alpha value is -3.20. The molecule has 4 aliphatic carbocycles. The number of esters is 1. The van der Waals surface area contributed by atoms with Gasteiger partial charge in [-0.25, -0.2) is 4.79 Å². The molecule has 0 unspecified atom stereocenters. The molecule has 3 saturated carbocycles. The first-order valence-electron chi connectivity index (χ1n) is 34.9. The molecule has 29 heteroatoms. The summed E-state index contributed by atoms with van der Waals surface area (Å²) in [5.74, 6) is -1.88. The quantitative estimate of drug-likeness (QED) is 0.0438. The largest absolute Gasteiger partial charge is 0.458 e. The van der Waals surface area contributed by atoms with Gasteiger partial charge in [0.1, 0.15) is 96.2 Å². The van der Waals surface area contributed by atoms with Crippen molar-refractivity contribution in [2.45, 2.75) is 308 Å². The second-order valence-electron chi connectivity index (χ2n) is 29.3. The van der Waals surface area contributed by atoms with Gasteiger partial charge in [0.25, 0.3) is 0 Å². The van der Waals surface area contributed by atoms with Crippen LogP contribution < -0.4 is 0 Å². The van der Waals surface area contributed by atoms with Crippen molar-refractivity contribution in [2.24, 2.45) is 16.7 Å². The zero-order valence-electron chi connectivity index (χ0n) is 58.3. The molecule has 6 heterocycles. The first-order chi connectivity index (χ1) is 47.0. The van der Waals surface area contributed by atoms with E-state index in [1.807, 2.05) is 57.2 Å². The Morgan fingerprint density at radius 2 is 1.05 bits per heavy atom. The molecule has 10 aliphatic rings. The molecule has 0 spiro atoms. The average Bonchev–Trinajstić information content (AvgIpc) is 1.58. The zero-order valence-corrected chi connectivity index (χ0v) is 58.3. The van der Waals surface area contributed by atoms with E-state index in [4.69, 9.17) is 80.5 Å².